The zero-order chi connectivity index (χ0) is 16.1. The lowest BCUT2D eigenvalue weighted by atomic mass is 9.95. The minimum atomic E-state index is 0.277. The Bertz CT molecular complexity index is 501. The number of hydrogen-bond donors (Lipinski definition) is 0. The Balaban J connectivity index is 1.42. The second-order valence-electron chi connectivity index (χ2n) is 6.90. The Morgan fingerprint density at radius 1 is 1.09 bits per heavy atom. The third-order valence-corrected chi connectivity index (χ3v) is 5.06. The average molecular weight is 316 g/mol. The number of benzene rings is 1. The lowest BCUT2D eigenvalue weighted by Gasteiger charge is -2.36. The first-order valence-corrected chi connectivity index (χ1v) is 8.84. The fourth-order valence-corrected chi connectivity index (χ4v) is 3.51. The summed E-state index contributed by atoms with van der Waals surface area (Å²) < 4.78 is 5.41. The zero-order valence-electron chi connectivity index (χ0n) is 14.2. The summed E-state index contributed by atoms with van der Waals surface area (Å²) in [5, 5.41) is 0. The summed E-state index contributed by atoms with van der Waals surface area (Å²) in [4.78, 5) is 17.0. The fraction of sp³-hybridized carbons (Fsp3) is 0.632. The number of carbonyl (C=O) groups excluding carboxylic acids is 1. The standard InChI is InChI=1S/C19H28N2O2/c1-16-2-4-17(5-3-16)14-19(22)21-8-6-18(7-9-21)15-20-10-12-23-13-11-20/h2-5,18H,6-15H2,1H3. The van der Waals surface area contributed by atoms with E-state index in [2.05, 4.69) is 41.0 Å². The third-order valence-electron chi connectivity index (χ3n) is 5.06. The molecule has 0 spiro atoms. The monoisotopic (exact) mass is 316 g/mol. The van der Waals surface area contributed by atoms with Gasteiger partial charge in [0.1, 0.15) is 0 Å². The summed E-state index contributed by atoms with van der Waals surface area (Å²) in [5.41, 5.74) is 2.36. The molecular formula is C19H28N2O2. The van der Waals surface area contributed by atoms with Crippen molar-refractivity contribution in [2.45, 2.75) is 26.2 Å². The molecule has 1 aromatic rings. The Labute approximate surface area is 139 Å². The molecule has 3 rings (SSSR count). The number of ether oxygens (including phenoxy) is 1. The highest BCUT2D eigenvalue weighted by Gasteiger charge is 2.24. The maximum atomic E-state index is 12.4. The second-order valence-corrected chi connectivity index (χ2v) is 6.90. The van der Waals surface area contributed by atoms with E-state index in [1.807, 2.05) is 0 Å². The van der Waals surface area contributed by atoms with E-state index in [9.17, 15) is 4.79 Å². The van der Waals surface area contributed by atoms with Crippen LogP contribution in [0.5, 0.6) is 0 Å². The molecule has 2 aliphatic heterocycles. The number of aryl methyl sites for hydroxylation is 1. The summed E-state index contributed by atoms with van der Waals surface area (Å²) in [6, 6.07) is 8.30. The van der Waals surface area contributed by atoms with Crippen LogP contribution in [0.25, 0.3) is 0 Å². The van der Waals surface area contributed by atoms with Gasteiger partial charge in [-0.15, -0.1) is 0 Å². The lowest BCUT2D eigenvalue weighted by Crippen LogP contribution is -2.44. The molecule has 0 atom stereocenters. The molecule has 1 amide bonds. The van der Waals surface area contributed by atoms with E-state index in [0.717, 1.165) is 63.7 Å². The molecule has 0 unspecified atom stereocenters. The van der Waals surface area contributed by atoms with E-state index in [1.54, 1.807) is 0 Å². The number of carbonyl (C=O) groups is 1. The van der Waals surface area contributed by atoms with Gasteiger partial charge in [-0.3, -0.25) is 9.69 Å². The molecule has 0 saturated carbocycles. The third kappa shape index (κ3) is 4.79. The number of hydrogen-bond acceptors (Lipinski definition) is 3. The van der Waals surface area contributed by atoms with E-state index in [4.69, 9.17) is 4.74 Å². The van der Waals surface area contributed by atoms with Gasteiger partial charge < -0.3 is 9.64 Å². The van der Waals surface area contributed by atoms with E-state index < -0.39 is 0 Å². The van der Waals surface area contributed by atoms with Crippen LogP contribution in [0.3, 0.4) is 0 Å². The molecule has 0 N–H and O–H groups in total. The van der Waals surface area contributed by atoms with Crippen LogP contribution in [0.1, 0.15) is 24.0 Å². The molecule has 126 valence electrons. The van der Waals surface area contributed by atoms with E-state index in [-0.39, 0.29) is 5.91 Å². The van der Waals surface area contributed by atoms with Gasteiger partial charge in [0.2, 0.25) is 5.91 Å². The van der Waals surface area contributed by atoms with E-state index >= 15 is 0 Å². The summed E-state index contributed by atoms with van der Waals surface area (Å²) in [6.07, 6.45) is 2.81. The van der Waals surface area contributed by atoms with Crippen molar-refractivity contribution >= 4 is 5.91 Å². The van der Waals surface area contributed by atoms with Crippen LogP contribution in [-0.2, 0) is 16.0 Å². The van der Waals surface area contributed by atoms with Gasteiger partial charge >= 0.3 is 0 Å². The number of rotatable bonds is 4. The molecule has 0 radical (unpaired) electrons. The second kappa shape index (κ2) is 7.93. The SMILES string of the molecule is Cc1ccc(CC(=O)N2CCC(CN3CCOCC3)CC2)cc1. The molecule has 2 aliphatic rings. The van der Waals surface area contributed by atoms with Gasteiger partial charge in [0.15, 0.2) is 0 Å². The van der Waals surface area contributed by atoms with Gasteiger partial charge in [-0.2, -0.15) is 0 Å². The topological polar surface area (TPSA) is 32.8 Å². The van der Waals surface area contributed by atoms with Crippen molar-refractivity contribution in [2.24, 2.45) is 5.92 Å². The summed E-state index contributed by atoms with van der Waals surface area (Å²) in [7, 11) is 0. The summed E-state index contributed by atoms with van der Waals surface area (Å²) in [6.45, 7) is 8.94. The highest BCUT2D eigenvalue weighted by atomic mass is 16.5. The largest absolute Gasteiger partial charge is 0.379 e. The Morgan fingerprint density at radius 3 is 2.39 bits per heavy atom. The first kappa shape index (κ1) is 16.5. The van der Waals surface area contributed by atoms with Crippen molar-refractivity contribution in [3.8, 4) is 0 Å². The Hall–Kier alpha value is -1.39. The highest BCUT2D eigenvalue weighted by Crippen LogP contribution is 2.20. The highest BCUT2D eigenvalue weighted by molar-refractivity contribution is 5.78. The Kier molecular flexibility index (Phi) is 5.68. The predicted molar refractivity (Wildman–Crippen MR) is 91.4 cm³/mol. The van der Waals surface area contributed by atoms with Gasteiger partial charge in [0.05, 0.1) is 19.6 Å². The molecule has 23 heavy (non-hydrogen) atoms. The summed E-state index contributed by atoms with van der Waals surface area (Å²) >= 11 is 0. The fourth-order valence-electron chi connectivity index (χ4n) is 3.51. The van der Waals surface area contributed by atoms with Crippen LogP contribution in [0.2, 0.25) is 0 Å². The number of nitrogens with zero attached hydrogens (tertiary/aromatic N) is 2. The van der Waals surface area contributed by atoms with E-state index in [1.165, 1.54) is 12.1 Å². The molecule has 0 bridgehead atoms. The first-order valence-electron chi connectivity index (χ1n) is 8.84. The molecule has 2 fully saturated rings. The van der Waals surface area contributed by atoms with Gasteiger partial charge in [0, 0.05) is 32.7 Å². The van der Waals surface area contributed by atoms with Gasteiger partial charge in [-0.25, -0.2) is 0 Å². The normalized spacial score (nSPS) is 20.7. The van der Waals surface area contributed by atoms with Crippen molar-refractivity contribution in [2.75, 3.05) is 45.9 Å². The number of likely N-dealkylation sites (tertiary alicyclic amines) is 1. The molecule has 4 nitrogen and oxygen atoms in total. The van der Waals surface area contributed by atoms with Crippen LogP contribution in [0, 0.1) is 12.8 Å². The quantitative estimate of drug-likeness (QED) is 0.853. The van der Waals surface area contributed by atoms with Crippen molar-refractivity contribution in [1.82, 2.24) is 9.80 Å². The van der Waals surface area contributed by atoms with Crippen LogP contribution in [0.4, 0.5) is 0 Å². The van der Waals surface area contributed by atoms with Crippen LogP contribution < -0.4 is 0 Å². The predicted octanol–water partition coefficient (Wildman–Crippen LogP) is 2.11. The molecule has 0 aromatic heterocycles. The Morgan fingerprint density at radius 2 is 1.74 bits per heavy atom. The molecule has 2 saturated heterocycles. The molecular weight excluding hydrogens is 288 g/mol. The molecule has 4 heteroatoms. The van der Waals surface area contributed by atoms with Crippen molar-refractivity contribution < 1.29 is 9.53 Å². The minimum Gasteiger partial charge on any atom is -0.379 e. The number of morpholine rings is 1. The number of piperidine rings is 1. The van der Waals surface area contributed by atoms with E-state index in [0.29, 0.717) is 6.42 Å². The van der Waals surface area contributed by atoms with Gasteiger partial charge in [-0.05, 0) is 31.2 Å². The maximum Gasteiger partial charge on any atom is 0.226 e. The smallest absolute Gasteiger partial charge is 0.226 e. The number of amides is 1. The minimum absolute atomic E-state index is 0.277. The average Bonchev–Trinajstić information content (AvgIpc) is 2.58. The maximum absolute atomic E-state index is 12.4. The lowest BCUT2D eigenvalue weighted by molar-refractivity contribution is -0.132. The molecule has 1 aromatic carbocycles. The van der Waals surface area contributed by atoms with Gasteiger partial charge in [0.25, 0.3) is 0 Å². The van der Waals surface area contributed by atoms with Crippen LogP contribution in [0.15, 0.2) is 24.3 Å². The zero-order valence-corrected chi connectivity index (χ0v) is 14.2. The van der Waals surface area contributed by atoms with Crippen molar-refractivity contribution in [3.63, 3.8) is 0 Å². The van der Waals surface area contributed by atoms with Crippen molar-refractivity contribution in [3.05, 3.63) is 35.4 Å². The van der Waals surface area contributed by atoms with Gasteiger partial charge in [-0.1, -0.05) is 29.8 Å². The first-order chi connectivity index (χ1) is 11.2. The summed E-state index contributed by atoms with van der Waals surface area (Å²) in [5.74, 6) is 1.01. The van der Waals surface area contributed by atoms with Crippen molar-refractivity contribution in [1.29, 1.82) is 0 Å². The molecule has 2 heterocycles. The van der Waals surface area contributed by atoms with Crippen LogP contribution >= 0.6 is 0 Å². The van der Waals surface area contributed by atoms with Crippen LogP contribution in [-0.4, -0.2) is 61.6 Å². The molecule has 0 aliphatic carbocycles.